The van der Waals surface area contributed by atoms with Crippen molar-refractivity contribution in [1.29, 1.82) is 0 Å². The maximum Gasteiger partial charge on any atom is 0.329 e. The number of carbonyl (C=O) groups is 2. The maximum atomic E-state index is 10.5. The van der Waals surface area contributed by atoms with Gasteiger partial charge in [0, 0.05) is 0 Å². The highest BCUT2D eigenvalue weighted by Crippen LogP contribution is 2.02. The number of hydrogen-bond donors (Lipinski definition) is 3. The summed E-state index contributed by atoms with van der Waals surface area (Å²) in [6.45, 7) is 1.80. The third-order valence-corrected chi connectivity index (χ3v) is 1.44. The molecule has 0 aromatic heterocycles. The van der Waals surface area contributed by atoms with Crippen LogP contribution >= 0.6 is 0 Å². The lowest BCUT2D eigenvalue weighted by atomic mass is 10.1. The van der Waals surface area contributed by atoms with E-state index >= 15 is 0 Å². The molecular weight excluding hydrogens is 162 g/mol. The van der Waals surface area contributed by atoms with Crippen LogP contribution in [0.15, 0.2) is 0 Å². The molecular formula is C6H13N3O3. The number of primary amides is 1. The first-order valence-electron chi connectivity index (χ1n) is 3.56. The predicted octanol–water partition coefficient (Wildman–Crippen LogP) is -0.506. The standard InChI is InChI=1S/C6H13N3O3/c1-2-3-4(5(10)11)9(8)6(7)12/h4H,2-3,8H2,1H3,(H2,7,12)(H,10,11). The Hall–Kier alpha value is -1.30. The Morgan fingerprint density at radius 1 is 1.58 bits per heavy atom. The van der Waals surface area contributed by atoms with Crippen molar-refractivity contribution in [3.05, 3.63) is 0 Å². The summed E-state index contributed by atoms with van der Waals surface area (Å²) in [6.07, 6.45) is 0.923. The van der Waals surface area contributed by atoms with Gasteiger partial charge in [-0.25, -0.2) is 20.4 Å². The Morgan fingerprint density at radius 3 is 2.33 bits per heavy atom. The van der Waals surface area contributed by atoms with Crippen LogP contribution in [0.5, 0.6) is 0 Å². The number of carboxylic acid groups (broad SMARTS) is 1. The summed E-state index contributed by atoms with van der Waals surface area (Å²) in [5.41, 5.74) is 4.80. The summed E-state index contributed by atoms with van der Waals surface area (Å²) in [5.74, 6) is 3.99. The molecule has 0 spiro atoms. The van der Waals surface area contributed by atoms with Gasteiger partial charge in [-0.15, -0.1) is 0 Å². The zero-order valence-corrected chi connectivity index (χ0v) is 6.86. The van der Waals surface area contributed by atoms with E-state index in [1.807, 2.05) is 0 Å². The number of rotatable bonds is 4. The van der Waals surface area contributed by atoms with E-state index in [0.717, 1.165) is 0 Å². The number of carbonyl (C=O) groups excluding carboxylic acids is 1. The van der Waals surface area contributed by atoms with Crippen molar-refractivity contribution >= 4 is 12.0 Å². The average Bonchev–Trinajstić information content (AvgIpc) is 1.98. The minimum atomic E-state index is -1.14. The van der Waals surface area contributed by atoms with Crippen molar-refractivity contribution in [3.8, 4) is 0 Å². The molecule has 0 bridgehead atoms. The van der Waals surface area contributed by atoms with Crippen molar-refractivity contribution in [1.82, 2.24) is 5.01 Å². The third-order valence-electron chi connectivity index (χ3n) is 1.44. The molecule has 0 saturated heterocycles. The lowest BCUT2D eigenvalue weighted by Gasteiger charge is -2.21. The van der Waals surface area contributed by atoms with E-state index in [9.17, 15) is 9.59 Å². The first-order valence-corrected chi connectivity index (χ1v) is 3.56. The maximum absolute atomic E-state index is 10.5. The molecule has 0 aliphatic rings. The molecule has 70 valence electrons. The molecule has 0 radical (unpaired) electrons. The Balaban J connectivity index is 4.28. The highest BCUT2D eigenvalue weighted by atomic mass is 16.4. The molecule has 0 fully saturated rings. The van der Waals surface area contributed by atoms with E-state index in [1.54, 1.807) is 6.92 Å². The minimum absolute atomic E-state index is 0.300. The second-order valence-corrected chi connectivity index (χ2v) is 2.39. The molecule has 1 atom stereocenters. The van der Waals surface area contributed by atoms with E-state index in [2.05, 4.69) is 0 Å². The van der Waals surface area contributed by atoms with Gasteiger partial charge >= 0.3 is 12.0 Å². The minimum Gasteiger partial charge on any atom is -0.480 e. The molecule has 12 heavy (non-hydrogen) atoms. The quantitative estimate of drug-likeness (QED) is 0.303. The number of nitrogens with two attached hydrogens (primary N) is 2. The molecule has 1 unspecified atom stereocenters. The van der Waals surface area contributed by atoms with Crippen LogP contribution in [0.2, 0.25) is 0 Å². The van der Waals surface area contributed by atoms with E-state index in [4.69, 9.17) is 16.7 Å². The van der Waals surface area contributed by atoms with Gasteiger partial charge in [0.25, 0.3) is 0 Å². The highest BCUT2D eigenvalue weighted by Gasteiger charge is 2.24. The molecule has 5 N–H and O–H groups in total. The van der Waals surface area contributed by atoms with Crippen molar-refractivity contribution < 1.29 is 14.7 Å². The zero-order chi connectivity index (χ0) is 9.72. The number of aliphatic carboxylic acids is 1. The fourth-order valence-corrected chi connectivity index (χ4v) is 0.809. The summed E-state index contributed by atoms with van der Waals surface area (Å²) in [7, 11) is 0. The van der Waals surface area contributed by atoms with Gasteiger partial charge in [0.2, 0.25) is 0 Å². The van der Waals surface area contributed by atoms with E-state index in [-0.39, 0.29) is 0 Å². The summed E-state index contributed by atoms with van der Waals surface area (Å²) in [6, 6.07) is -1.96. The monoisotopic (exact) mass is 175 g/mol. The first kappa shape index (κ1) is 10.7. The number of carboxylic acids is 1. The van der Waals surface area contributed by atoms with Gasteiger partial charge in [-0.2, -0.15) is 0 Å². The van der Waals surface area contributed by atoms with Crippen LogP contribution < -0.4 is 11.6 Å². The molecule has 0 aliphatic carbocycles. The molecule has 0 aromatic rings. The zero-order valence-electron chi connectivity index (χ0n) is 6.86. The lowest BCUT2D eigenvalue weighted by molar-refractivity contribution is -0.142. The highest BCUT2D eigenvalue weighted by molar-refractivity contribution is 5.81. The number of urea groups is 1. The lowest BCUT2D eigenvalue weighted by Crippen LogP contribution is -2.51. The van der Waals surface area contributed by atoms with Gasteiger partial charge in [-0.05, 0) is 6.42 Å². The second kappa shape index (κ2) is 4.55. The van der Waals surface area contributed by atoms with Crippen LogP contribution in [0.3, 0.4) is 0 Å². The largest absolute Gasteiger partial charge is 0.480 e. The smallest absolute Gasteiger partial charge is 0.329 e. The number of nitrogens with zero attached hydrogens (tertiary/aromatic N) is 1. The predicted molar refractivity (Wildman–Crippen MR) is 41.9 cm³/mol. The van der Waals surface area contributed by atoms with Gasteiger partial charge in [-0.1, -0.05) is 13.3 Å². The first-order chi connectivity index (χ1) is 5.50. The van der Waals surface area contributed by atoms with Crippen LogP contribution in [0.25, 0.3) is 0 Å². The number of hydrogen-bond acceptors (Lipinski definition) is 3. The van der Waals surface area contributed by atoms with Crippen molar-refractivity contribution in [2.75, 3.05) is 0 Å². The van der Waals surface area contributed by atoms with Gasteiger partial charge in [0.15, 0.2) is 0 Å². The summed E-state index contributed by atoms with van der Waals surface area (Å²) in [5, 5.41) is 9.13. The normalized spacial score (nSPS) is 12.2. The molecule has 0 rings (SSSR count). The van der Waals surface area contributed by atoms with Gasteiger partial charge < -0.3 is 10.8 Å². The molecule has 6 nitrogen and oxygen atoms in total. The molecule has 6 heteroatoms. The Kier molecular flexibility index (Phi) is 4.06. The number of amides is 2. The van der Waals surface area contributed by atoms with E-state index in [1.165, 1.54) is 0 Å². The molecule has 2 amide bonds. The van der Waals surface area contributed by atoms with Crippen LogP contribution in [-0.2, 0) is 4.79 Å². The van der Waals surface area contributed by atoms with Gasteiger partial charge in [0.05, 0.1) is 0 Å². The van der Waals surface area contributed by atoms with Gasteiger partial charge in [0.1, 0.15) is 6.04 Å². The van der Waals surface area contributed by atoms with Crippen LogP contribution in [0.1, 0.15) is 19.8 Å². The fraction of sp³-hybridized carbons (Fsp3) is 0.667. The summed E-state index contributed by atoms with van der Waals surface area (Å²) < 4.78 is 0. The van der Waals surface area contributed by atoms with Crippen LogP contribution in [0.4, 0.5) is 4.79 Å². The topological polar surface area (TPSA) is 110 Å². The Labute approximate surface area is 70.1 Å². The SMILES string of the molecule is CCCC(C(=O)O)N(N)C(N)=O. The third kappa shape index (κ3) is 2.75. The van der Waals surface area contributed by atoms with Crippen molar-refractivity contribution in [3.63, 3.8) is 0 Å². The molecule has 0 aliphatic heterocycles. The molecule has 0 saturated carbocycles. The fourth-order valence-electron chi connectivity index (χ4n) is 0.809. The van der Waals surface area contributed by atoms with E-state index < -0.39 is 18.0 Å². The van der Waals surface area contributed by atoms with Crippen LogP contribution in [0, 0.1) is 0 Å². The second-order valence-electron chi connectivity index (χ2n) is 2.39. The summed E-state index contributed by atoms with van der Waals surface area (Å²) >= 11 is 0. The van der Waals surface area contributed by atoms with Gasteiger partial charge in [-0.3, -0.25) is 0 Å². The Bertz CT molecular complexity index is 183. The van der Waals surface area contributed by atoms with Crippen LogP contribution in [-0.4, -0.2) is 28.2 Å². The average molecular weight is 175 g/mol. The molecule has 0 heterocycles. The van der Waals surface area contributed by atoms with Crippen molar-refractivity contribution in [2.45, 2.75) is 25.8 Å². The summed E-state index contributed by atoms with van der Waals surface area (Å²) in [4.78, 5) is 21.0. The van der Waals surface area contributed by atoms with E-state index in [0.29, 0.717) is 17.9 Å². The number of hydrazine groups is 1. The van der Waals surface area contributed by atoms with Crippen molar-refractivity contribution in [2.24, 2.45) is 11.6 Å². The Morgan fingerprint density at radius 2 is 2.08 bits per heavy atom. The molecule has 0 aromatic carbocycles.